The molecule has 0 saturated carbocycles. The van der Waals surface area contributed by atoms with E-state index >= 15 is 0 Å². The number of halogens is 1. The quantitative estimate of drug-likeness (QED) is 0.462. The van der Waals surface area contributed by atoms with E-state index in [0.29, 0.717) is 29.2 Å². The first-order valence-electron chi connectivity index (χ1n) is 10.7. The molecule has 0 aromatic heterocycles. The van der Waals surface area contributed by atoms with Crippen LogP contribution in [0.4, 0.5) is 5.69 Å². The number of unbranched alkanes of at least 4 members (excludes halogenated alkanes) is 3. The van der Waals surface area contributed by atoms with Gasteiger partial charge in [-0.3, -0.25) is 9.59 Å². The molecule has 2 aromatic rings. The number of benzene rings is 2. The zero-order valence-electron chi connectivity index (χ0n) is 17.5. The number of hydrogen-bond acceptors (Lipinski definition) is 3. The Kier molecular flexibility index (Phi) is 8.31. The van der Waals surface area contributed by atoms with E-state index in [9.17, 15) is 9.59 Å². The van der Waals surface area contributed by atoms with Crippen LogP contribution in [0.25, 0.3) is 0 Å². The van der Waals surface area contributed by atoms with Crippen molar-refractivity contribution in [2.24, 2.45) is 0 Å². The van der Waals surface area contributed by atoms with Gasteiger partial charge in [-0.1, -0.05) is 48.2 Å². The molecule has 1 heterocycles. The lowest BCUT2D eigenvalue weighted by molar-refractivity contribution is 0.0792. The number of likely N-dealkylation sites (tertiary alicyclic amines) is 1. The molecule has 0 bridgehead atoms. The SMILES string of the molecule is CCCCCCOc1ccc(Br)cc1C(=O)Nc1cccc(C(=O)N2CCCC2)c1. The third-order valence-electron chi connectivity index (χ3n) is 5.20. The van der Waals surface area contributed by atoms with Crippen LogP contribution in [0.15, 0.2) is 46.9 Å². The predicted molar refractivity (Wildman–Crippen MR) is 123 cm³/mol. The summed E-state index contributed by atoms with van der Waals surface area (Å²) >= 11 is 3.44. The van der Waals surface area contributed by atoms with Gasteiger partial charge in [-0.2, -0.15) is 0 Å². The van der Waals surface area contributed by atoms with Gasteiger partial charge < -0.3 is 15.0 Å². The standard InChI is InChI=1S/C24H29BrN2O3/c1-2-3-4-7-15-30-22-12-11-19(25)17-21(22)23(28)26-20-10-8-9-18(16-20)24(29)27-13-5-6-14-27/h8-12,16-17H,2-7,13-15H2,1H3,(H,26,28). The highest BCUT2D eigenvalue weighted by Gasteiger charge is 2.20. The fraction of sp³-hybridized carbons (Fsp3) is 0.417. The molecule has 3 rings (SSSR count). The van der Waals surface area contributed by atoms with Gasteiger partial charge in [-0.15, -0.1) is 0 Å². The first-order chi connectivity index (χ1) is 14.6. The minimum absolute atomic E-state index is 0.0159. The highest BCUT2D eigenvalue weighted by molar-refractivity contribution is 9.10. The Hall–Kier alpha value is -2.34. The predicted octanol–water partition coefficient (Wildman–Crippen LogP) is 5.90. The fourth-order valence-electron chi connectivity index (χ4n) is 3.55. The molecule has 2 aromatic carbocycles. The number of ether oxygens (including phenoxy) is 1. The Balaban J connectivity index is 1.68. The molecule has 6 heteroatoms. The molecule has 0 aliphatic carbocycles. The van der Waals surface area contributed by atoms with Crippen LogP contribution in [0.3, 0.4) is 0 Å². The number of rotatable bonds is 9. The molecule has 1 fully saturated rings. The molecule has 2 amide bonds. The molecule has 0 spiro atoms. The van der Waals surface area contributed by atoms with Crippen LogP contribution in [0.2, 0.25) is 0 Å². The van der Waals surface area contributed by atoms with Crippen LogP contribution < -0.4 is 10.1 Å². The summed E-state index contributed by atoms with van der Waals surface area (Å²) in [6, 6.07) is 12.6. The van der Waals surface area contributed by atoms with E-state index in [1.165, 1.54) is 12.8 Å². The largest absolute Gasteiger partial charge is 0.493 e. The summed E-state index contributed by atoms with van der Waals surface area (Å²) in [5, 5.41) is 2.91. The average Bonchev–Trinajstić information content (AvgIpc) is 3.29. The normalized spacial score (nSPS) is 13.3. The van der Waals surface area contributed by atoms with Gasteiger partial charge in [0, 0.05) is 28.8 Å². The van der Waals surface area contributed by atoms with Gasteiger partial charge in [0.2, 0.25) is 0 Å². The molecule has 0 atom stereocenters. The topological polar surface area (TPSA) is 58.6 Å². The zero-order valence-corrected chi connectivity index (χ0v) is 19.0. The molecular weight excluding hydrogens is 444 g/mol. The van der Waals surface area contributed by atoms with Gasteiger partial charge >= 0.3 is 0 Å². The second kappa shape index (κ2) is 11.2. The lowest BCUT2D eigenvalue weighted by Gasteiger charge is -2.16. The first-order valence-corrected chi connectivity index (χ1v) is 11.5. The molecule has 0 radical (unpaired) electrons. The number of carbonyl (C=O) groups excluding carboxylic acids is 2. The number of amides is 2. The summed E-state index contributed by atoms with van der Waals surface area (Å²) < 4.78 is 6.69. The van der Waals surface area contributed by atoms with Crippen LogP contribution in [0, 0.1) is 0 Å². The number of nitrogens with one attached hydrogen (secondary N) is 1. The molecule has 30 heavy (non-hydrogen) atoms. The Morgan fingerprint density at radius 1 is 1.07 bits per heavy atom. The number of hydrogen-bond donors (Lipinski definition) is 1. The van der Waals surface area contributed by atoms with E-state index in [4.69, 9.17) is 4.74 Å². The Morgan fingerprint density at radius 2 is 1.87 bits per heavy atom. The summed E-state index contributed by atoms with van der Waals surface area (Å²) in [5.74, 6) is 0.323. The van der Waals surface area contributed by atoms with Gasteiger partial charge in [0.25, 0.3) is 11.8 Å². The fourth-order valence-corrected chi connectivity index (χ4v) is 3.91. The van der Waals surface area contributed by atoms with Crippen molar-refractivity contribution in [3.05, 3.63) is 58.1 Å². The molecule has 1 aliphatic rings. The highest BCUT2D eigenvalue weighted by atomic mass is 79.9. The number of carbonyl (C=O) groups is 2. The smallest absolute Gasteiger partial charge is 0.259 e. The van der Waals surface area contributed by atoms with Crippen molar-refractivity contribution < 1.29 is 14.3 Å². The zero-order chi connectivity index (χ0) is 21.3. The van der Waals surface area contributed by atoms with Crippen LogP contribution in [0.5, 0.6) is 5.75 Å². The summed E-state index contributed by atoms with van der Waals surface area (Å²) in [6.45, 7) is 4.35. The molecular formula is C24H29BrN2O3. The molecule has 1 aliphatic heterocycles. The minimum atomic E-state index is -0.259. The second-order valence-corrected chi connectivity index (χ2v) is 8.50. The van der Waals surface area contributed by atoms with E-state index in [0.717, 1.165) is 43.2 Å². The van der Waals surface area contributed by atoms with E-state index in [1.54, 1.807) is 30.3 Å². The van der Waals surface area contributed by atoms with E-state index < -0.39 is 0 Å². The molecule has 1 saturated heterocycles. The lowest BCUT2D eigenvalue weighted by atomic mass is 10.1. The van der Waals surface area contributed by atoms with Gasteiger partial charge in [0.15, 0.2) is 0 Å². The summed E-state index contributed by atoms with van der Waals surface area (Å²) in [4.78, 5) is 27.4. The van der Waals surface area contributed by atoms with Crippen LogP contribution in [0.1, 0.15) is 66.2 Å². The van der Waals surface area contributed by atoms with Crippen molar-refractivity contribution in [3.63, 3.8) is 0 Å². The third-order valence-corrected chi connectivity index (χ3v) is 5.70. The summed E-state index contributed by atoms with van der Waals surface area (Å²) in [5.41, 5.74) is 1.66. The molecule has 0 unspecified atom stereocenters. The van der Waals surface area contributed by atoms with Crippen molar-refractivity contribution >= 4 is 33.4 Å². The van der Waals surface area contributed by atoms with Gasteiger partial charge in [0.1, 0.15) is 5.75 Å². The maximum Gasteiger partial charge on any atom is 0.259 e. The molecule has 160 valence electrons. The van der Waals surface area contributed by atoms with Crippen LogP contribution >= 0.6 is 15.9 Å². The van der Waals surface area contributed by atoms with Crippen molar-refractivity contribution in [3.8, 4) is 5.75 Å². The second-order valence-electron chi connectivity index (χ2n) is 7.58. The maximum atomic E-state index is 13.0. The van der Waals surface area contributed by atoms with E-state index in [1.807, 2.05) is 17.0 Å². The van der Waals surface area contributed by atoms with Crippen LogP contribution in [-0.4, -0.2) is 36.4 Å². The maximum absolute atomic E-state index is 13.0. The molecule has 1 N–H and O–H groups in total. The first kappa shape index (κ1) is 22.3. The van der Waals surface area contributed by atoms with Gasteiger partial charge in [-0.25, -0.2) is 0 Å². The Bertz CT molecular complexity index is 879. The number of nitrogens with zero attached hydrogens (tertiary/aromatic N) is 1. The van der Waals surface area contributed by atoms with Gasteiger partial charge in [0.05, 0.1) is 12.2 Å². The Labute approximate surface area is 186 Å². The summed E-state index contributed by atoms with van der Waals surface area (Å²) in [6.07, 6.45) is 6.53. The van der Waals surface area contributed by atoms with Crippen molar-refractivity contribution in [2.45, 2.75) is 45.4 Å². The van der Waals surface area contributed by atoms with Crippen molar-refractivity contribution in [1.29, 1.82) is 0 Å². The highest BCUT2D eigenvalue weighted by Crippen LogP contribution is 2.25. The third kappa shape index (κ3) is 6.08. The van der Waals surface area contributed by atoms with E-state index in [-0.39, 0.29) is 11.8 Å². The average molecular weight is 473 g/mol. The Morgan fingerprint density at radius 3 is 2.63 bits per heavy atom. The molecule has 5 nitrogen and oxygen atoms in total. The van der Waals surface area contributed by atoms with Crippen LogP contribution in [-0.2, 0) is 0 Å². The minimum Gasteiger partial charge on any atom is -0.493 e. The van der Waals surface area contributed by atoms with Gasteiger partial charge in [-0.05, 0) is 55.7 Å². The lowest BCUT2D eigenvalue weighted by Crippen LogP contribution is -2.27. The monoisotopic (exact) mass is 472 g/mol. The summed E-state index contributed by atoms with van der Waals surface area (Å²) in [7, 11) is 0. The van der Waals surface area contributed by atoms with E-state index in [2.05, 4.69) is 28.2 Å². The van der Waals surface area contributed by atoms with Crippen molar-refractivity contribution in [2.75, 3.05) is 25.0 Å². The number of anilines is 1. The van der Waals surface area contributed by atoms with Crippen molar-refractivity contribution in [1.82, 2.24) is 4.90 Å².